The summed E-state index contributed by atoms with van der Waals surface area (Å²) in [4.78, 5) is 17.8. The van der Waals surface area contributed by atoms with Crippen LogP contribution in [0.3, 0.4) is 0 Å². The third kappa shape index (κ3) is 5.62. The number of phenols is 1. The standard InChI is InChI=1S/C17H18BrCl2O5P/c1-9(2)12-3-10(5-14(18)17(12)21)4-13-15(19)6-11(7-16(13)20)25-8-26(22,23)24/h3,5-7,9,21H,4,8H2,1-2H3,(H2,22,23,24). The van der Waals surface area contributed by atoms with Crippen molar-refractivity contribution in [2.24, 2.45) is 0 Å². The second-order valence-corrected chi connectivity index (χ2v) is 9.41. The van der Waals surface area contributed by atoms with Crippen LogP contribution in [0.2, 0.25) is 10.0 Å². The summed E-state index contributed by atoms with van der Waals surface area (Å²) in [5, 5.41) is 10.8. The van der Waals surface area contributed by atoms with Crippen LogP contribution in [-0.2, 0) is 11.0 Å². The molecule has 0 unspecified atom stereocenters. The fourth-order valence-corrected chi connectivity index (χ4v) is 3.86. The van der Waals surface area contributed by atoms with Crippen molar-refractivity contribution in [3.05, 3.63) is 55.5 Å². The van der Waals surface area contributed by atoms with Gasteiger partial charge in [-0.1, -0.05) is 43.1 Å². The zero-order chi connectivity index (χ0) is 19.6. The molecular weight excluding hydrogens is 466 g/mol. The predicted octanol–water partition coefficient (Wildman–Crippen LogP) is 5.69. The van der Waals surface area contributed by atoms with Gasteiger partial charge in [0.15, 0.2) is 6.35 Å². The summed E-state index contributed by atoms with van der Waals surface area (Å²) in [7, 11) is -4.29. The van der Waals surface area contributed by atoms with E-state index >= 15 is 0 Å². The molecule has 0 radical (unpaired) electrons. The molecular formula is C17H18BrCl2O5P. The molecule has 142 valence electrons. The van der Waals surface area contributed by atoms with Gasteiger partial charge in [0.2, 0.25) is 0 Å². The lowest BCUT2D eigenvalue weighted by molar-refractivity contribution is 0.300. The Kier molecular flexibility index (Phi) is 7.05. The molecule has 0 atom stereocenters. The molecule has 2 aromatic rings. The lowest BCUT2D eigenvalue weighted by Gasteiger charge is -2.15. The van der Waals surface area contributed by atoms with Crippen LogP contribution in [0, 0.1) is 0 Å². The molecule has 0 aliphatic carbocycles. The summed E-state index contributed by atoms with van der Waals surface area (Å²) in [6.07, 6.45) is -0.323. The van der Waals surface area contributed by atoms with E-state index in [9.17, 15) is 9.67 Å². The Morgan fingerprint density at radius 1 is 1.15 bits per heavy atom. The Labute approximate surface area is 170 Å². The highest BCUT2D eigenvalue weighted by molar-refractivity contribution is 9.10. The van der Waals surface area contributed by atoms with Crippen molar-refractivity contribution in [1.29, 1.82) is 0 Å². The summed E-state index contributed by atoms with van der Waals surface area (Å²) in [5.74, 6) is 0.532. The Bertz CT molecular complexity index is 843. The molecule has 0 saturated carbocycles. The van der Waals surface area contributed by atoms with E-state index in [1.807, 2.05) is 19.9 Å². The van der Waals surface area contributed by atoms with Crippen LogP contribution in [0.15, 0.2) is 28.7 Å². The van der Waals surface area contributed by atoms with E-state index in [-0.39, 0.29) is 17.4 Å². The van der Waals surface area contributed by atoms with Gasteiger partial charge in [-0.05, 0) is 56.7 Å². The second kappa shape index (κ2) is 8.51. The summed E-state index contributed by atoms with van der Waals surface area (Å²) in [5.41, 5.74) is 2.37. The molecule has 0 spiro atoms. The van der Waals surface area contributed by atoms with Gasteiger partial charge in [-0.15, -0.1) is 0 Å². The maximum absolute atomic E-state index is 10.9. The Morgan fingerprint density at radius 3 is 2.23 bits per heavy atom. The fourth-order valence-electron chi connectivity index (χ4n) is 2.42. The van der Waals surface area contributed by atoms with Gasteiger partial charge in [-0.3, -0.25) is 4.57 Å². The molecule has 2 rings (SSSR count). The molecule has 26 heavy (non-hydrogen) atoms. The maximum atomic E-state index is 10.9. The number of aromatic hydroxyl groups is 1. The van der Waals surface area contributed by atoms with Crippen molar-refractivity contribution in [2.75, 3.05) is 6.35 Å². The minimum Gasteiger partial charge on any atom is -0.506 e. The van der Waals surface area contributed by atoms with E-state index in [2.05, 4.69) is 15.9 Å². The average molecular weight is 484 g/mol. The number of ether oxygens (including phenoxy) is 1. The Hall–Kier alpha value is -0.750. The van der Waals surface area contributed by atoms with Crippen LogP contribution in [0.1, 0.15) is 36.5 Å². The van der Waals surface area contributed by atoms with Crippen molar-refractivity contribution in [3.63, 3.8) is 0 Å². The third-order valence-corrected chi connectivity index (χ3v) is 5.41. The van der Waals surface area contributed by atoms with E-state index in [4.69, 9.17) is 37.7 Å². The summed E-state index contributed by atoms with van der Waals surface area (Å²) >= 11 is 15.9. The summed E-state index contributed by atoms with van der Waals surface area (Å²) in [6.45, 7) is 3.97. The zero-order valence-corrected chi connectivity index (χ0v) is 18.0. The smallest absolute Gasteiger partial charge is 0.362 e. The molecule has 0 aliphatic rings. The van der Waals surface area contributed by atoms with Gasteiger partial charge in [0.05, 0.1) is 4.47 Å². The molecule has 3 N–H and O–H groups in total. The van der Waals surface area contributed by atoms with Crippen molar-refractivity contribution >= 4 is 46.7 Å². The first kappa shape index (κ1) is 21.5. The number of hydrogen-bond acceptors (Lipinski definition) is 3. The van der Waals surface area contributed by atoms with Gasteiger partial charge in [0.25, 0.3) is 0 Å². The molecule has 5 nitrogen and oxygen atoms in total. The molecule has 0 fully saturated rings. The van der Waals surface area contributed by atoms with E-state index in [1.54, 1.807) is 6.07 Å². The summed E-state index contributed by atoms with van der Waals surface area (Å²) in [6, 6.07) is 6.64. The largest absolute Gasteiger partial charge is 0.506 e. The topological polar surface area (TPSA) is 87.0 Å². The average Bonchev–Trinajstić information content (AvgIpc) is 2.51. The lowest BCUT2D eigenvalue weighted by Crippen LogP contribution is -2.00. The fraction of sp³-hybridized carbons (Fsp3) is 0.294. The van der Waals surface area contributed by atoms with E-state index in [0.717, 1.165) is 11.1 Å². The molecule has 9 heteroatoms. The van der Waals surface area contributed by atoms with Gasteiger partial charge in [0, 0.05) is 16.5 Å². The number of rotatable bonds is 6. The molecule has 0 saturated heterocycles. The second-order valence-electron chi connectivity index (χ2n) is 6.15. The number of halogens is 3. The maximum Gasteiger partial charge on any atom is 0.362 e. The van der Waals surface area contributed by atoms with E-state index < -0.39 is 13.9 Å². The highest BCUT2D eigenvalue weighted by Crippen LogP contribution is 2.39. The minimum absolute atomic E-state index is 0.139. The highest BCUT2D eigenvalue weighted by Gasteiger charge is 2.17. The normalized spacial score (nSPS) is 11.8. The summed E-state index contributed by atoms with van der Waals surface area (Å²) < 4.78 is 16.5. The SMILES string of the molecule is CC(C)c1cc(Cc2c(Cl)cc(OCP(=O)(O)O)cc2Cl)cc(Br)c1O. The molecule has 0 aliphatic heterocycles. The highest BCUT2D eigenvalue weighted by atomic mass is 79.9. The first-order chi connectivity index (χ1) is 12.0. The number of phenolic OH excluding ortho intramolecular Hbond substituents is 1. The van der Waals surface area contributed by atoms with Gasteiger partial charge in [-0.2, -0.15) is 0 Å². The molecule has 0 aromatic heterocycles. The van der Waals surface area contributed by atoms with Crippen LogP contribution in [0.25, 0.3) is 0 Å². The van der Waals surface area contributed by atoms with Crippen LogP contribution < -0.4 is 4.74 Å². The quantitative estimate of drug-likeness (QED) is 0.459. The molecule has 0 heterocycles. The van der Waals surface area contributed by atoms with Crippen molar-refractivity contribution in [3.8, 4) is 11.5 Å². The van der Waals surface area contributed by atoms with Crippen LogP contribution in [-0.4, -0.2) is 21.2 Å². The first-order valence-corrected chi connectivity index (χ1v) is 11.0. The lowest BCUT2D eigenvalue weighted by atomic mass is 9.96. The van der Waals surface area contributed by atoms with Crippen LogP contribution >= 0.6 is 46.7 Å². The van der Waals surface area contributed by atoms with Crippen molar-refractivity contribution < 1.29 is 24.2 Å². The Morgan fingerprint density at radius 2 is 1.73 bits per heavy atom. The monoisotopic (exact) mass is 482 g/mol. The van der Waals surface area contributed by atoms with Crippen LogP contribution in [0.5, 0.6) is 11.5 Å². The van der Waals surface area contributed by atoms with Gasteiger partial charge >= 0.3 is 7.60 Å². The zero-order valence-electron chi connectivity index (χ0n) is 14.0. The van der Waals surface area contributed by atoms with E-state index in [0.29, 0.717) is 26.5 Å². The number of benzene rings is 2. The molecule has 0 amide bonds. The molecule has 0 bridgehead atoms. The first-order valence-electron chi connectivity index (χ1n) is 7.64. The van der Waals surface area contributed by atoms with Crippen LogP contribution in [0.4, 0.5) is 0 Å². The third-order valence-electron chi connectivity index (χ3n) is 3.67. The number of hydrogen-bond donors (Lipinski definition) is 3. The minimum atomic E-state index is -4.29. The van der Waals surface area contributed by atoms with Gasteiger partial charge < -0.3 is 19.6 Å². The predicted molar refractivity (Wildman–Crippen MR) is 107 cm³/mol. The van der Waals surface area contributed by atoms with Crippen molar-refractivity contribution in [2.45, 2.75) is 26.2 Å². The van der Waals surface area contributed by atoms with E-state index in [1.165, 1.54) is 12.1 Å². The van der Waals surface area contributed by atoms with Gasteiger partial charge in [0.1, 0.15) is 11.5 Å². The van der Waals surface area contributed by atoms with Gasteiger partial charge in [-0.25, -0.2) is 0 Å². The molecule has 2 aromatic carbocycles. The van der Waals surface area contributed by atoms with Crippen molar-refractivity contribution in [1.82, 2.24) is 0 Å². The Balaban J connectivity index is 2.32.